The fourth-order valence-electron chi connectivity index (χ4n) is 1.48. The fourth-order valence-corrected chi connectivity index (χ4v) is 1.48. The van der Waals surface area contributed by atoms with Crippen LogP contribution < -0.4 is 0 Å². The summed E-state index contributed by atoms with van der Waals surface area (Å²) in [5.41, 5.74) is 0.0643. The molecule has 0 aliphatic rings. The lowest BCUT2D eigenvalue weighted by Crippen LogP contribution is -2.24. The van der Waals surface area contributed by atoms with Crippen LogP contribution >= 0.6 is 0 Å². The predicted molar refractivity (Wildman–Crippen MR) is 68.3 cm³/mol. The van der Waals surface area contributed by atoms with Crippen molar-refractivity contribution in [2.45, 2.75) is 39.2 Å². The van der Waals surface area contributed by atoms with Gasteiger partial charge in [-0.3, -0.25) is 4.79 Å². The van der Waals surface area contributed by atoms with Gasteiger partial charge in [0.05, 0.1) is 0 Å². The van der Waals surface area contributed by atoms with Gasteiger partial charge in [0.25, 0.3) is 0 Å². The molecular formula is C14H16FNO3. The number of halogens is 1. The molecule has 0 saturated heterocycles. The lowest BCUT2D eigenvalue weighted by atomic mass is 10.1. The van der Waals surface area contributed by atoms with Crippen LogP contribution in [0.3, 0.4) is 0 Å². The van der Waals surface area contributed by atoms with E-state index in [0.29, 0.717) is 12.0 Å². The zero-order chi connectivity index (χ0) is 14.5. The van der Waals surface area contributed by atoms with E-state index in [4.69, 9.17) is 4.74 Å². The summed E-state index contributed by atoms with van der Waals surface area (Å²) in [5.74, 6) is -0.937. The minimum atomic E-state index is -0.606. The zero-order valence-corrected chi connectivity index (χ0v) is 11.2. The molecule has 0 amide bonds. The Morgan fingerprint density at radius 1 is 1.42 bits per heavy atom. The number of isocyanates is 1. The first-order valence-corrected chi connectivity index (χ1v) is 5.90. The van der Waals surface area contributed by atoms with Crippen LogP contribution in [0.25, 0.3) is 0 Å². The van der Waals surface area contributed by atoms with Gasteiger partial charge in [0.15, 0.2) is 0 Å². The molecule has 0 bridgehead atoms. The molecule has 0 aliphatic carbocycles. The number of carbonyl (C=O) groups is 1. The highest BCUT2D eigenvalue weighted by Crippen LogP contribution is 2.19. The Bertz CT molecular complexity index is 514. The Balaban J connectivity index is 2.62. The molecule has 4 nitrogen and oxygen atoms in total. The maximum atomic E-state index is 13.4. The molecule has 0 spiro atoms. The molecule has 0 aromatic heterocycles. The summed E-state index contributed by atoms with van der Waals surface area (Å²) >= 11 is 0. The molecule has 1 rings (SSSR count). The Hall–Kier alpha value is -2.00. The van der Waals surface area contributed by atoms with Crippen molar-refractivity contribution >= 4 is 17.7 Å². The normalized spacial score (nSPS) is 10.7. The smallest absolute Gasteiger partial charge is 0.306 e. The maximum absolute atomic E-state index is 13.4. The summed E-state index contributed by atoms with van der Waals surface area (Å²) in [5, 5.41) is 0. The van der Waals surface area contributed by atoms with Gasteiger partial charge in [0, 0.05) is 6.42 Å². The standard InChI is InChI=1S/C14H16FNO3/c1-14(2,3)19-13(18)7-5-10-4-6-12(16-9-17)11(15)8-10/h4,6,8H,5,7H2,1-3H3. The molecule has 0 N–H and O–H groups in total. The van der Waals surface area contributed by atoms with E-state index in [1.54, 1.807) is 26.8 Å². The highest BCUT2D eigenvalue weighted by atomic mass is 19.1. The van der Waals surface area contributed by atoms with Crippen LogP contribution in [-0.4, -0.2) is 17.7 Å². The van der Waals surface area contributed by atoms with Crippen molar-refractivity contribution in [3.63, 3.8) is 0 Å². The molecule has 0 aliphatic heterocycles. The molecule has 0 fully saturated rings. The van der Waals surface area contributed by atoms with Crippen molar-refractivity contribution < 1.29 is 18.7 Å². The van der Waals surface area contributed by atoms with Crippen LogP contribution in [-0.2, 0) is 20.7 Å². The number of carbonyl (C=O) groups excluding carboxylic acids is 2. The molecule has 0 unspecified atom stereocenters. The fraction of sp³-hybridized carbons (Fsp3) is 0.429. The summed E-state index contributed by atoms with van der Waals surface area (Å²) < 4.78 is 18.6. The lowest BCUT2D eigenvalue weighted by molar-refractivity contribution is -0.154. The van der Waals surface area contributed by atoms with E-state index in [0.717, 1.165) is 0 Å². The SMILES string of the molecule is CC(C)(C)OC(=O)CCc1ccc(N=C=O)c(F)c1. The van der Waals surface area contributed by atoms with Gasteiger partial charge in [0.1, 0.15) is 17.1 Å². The van der Waals surface area contributed by atoms with Gasteiger partial charge in [-0.15, -0.1) is 0 Å². The second kappa shape index (κ2) is 6.25. The molecule has 0 atom stereocenters. The average molecular weight is 265 g/mol. The van der Waals surface area contributed by atoms with Crippen molar-refractivity contribution in [1.29, 1.82) is 0 Å². The quantitative estimate of drug-likeness (QED) is 0.477. The molecular weight excluding hydrogens is 249 g/mol. The number of hydrogen-bond acceptors (Lipinski definition) is 4. The van der Waals surface area contributed by atoms with Crippen molar-refractivity contribution in [1.82, 2.24) is 0 Å². The molecule has 0 radical (unpaired) electrons. The lowest BCUT2D eigenvalue weighted by Gasteiger charge is -2.19. The molecule has 1 aromatic carbocycles. The zero-order valence-electron chi connectivity index (χ0n) is 11.2. The van der Waals surface area contributed by atoms with Crippen LogP contribution in [0.4, 0.5) is 10.1 Å². The average Bonchev–Trinajstić information content (AvgIpc) is 2.27. The van der Waals surface area contributed by atoms with Crippen LogP contribution in [0.1, 0.15) is 32.8 Å². The van der Waals surface area contributed by atoms with Crippen LogP contribution in [0.15, 0.2) is 23.2 Å². The number of aliphatic imine (C=N–C) groups is 1. The number of rotatable bonds is 4. The molecule has 5 heteroatoms. The van der Waals surface area contributed by atoms with E-state index in [2.05, 4.69) is 4.99 Å². The monoisotopic (exact) mass is 265 g/mol. The Kier molecular flexibility index (Phi) is 4.95. The Labute approximate surface area is 111 Å². The molecule has 19 heavy (non-hydrogen) atoms. The van der Waals surface area contributed by atoms with Crippen molar-refractivity contribution in [3.8, 4) is 0 Å². The predicted octanol–water partition coefficient (Wildman–Crippen LogP) is 3.07. The summed E-state index contributed by atoms with van der Waals surface area (Å²) in [6, 6.07) is 4.24. The van der Waals surface area contributed by atoms with Gasteiger partial charge in [-0.25, -0.2) is 9.18 Å². The minimum Gasteiger partial charge on any atom is -0.460 e. The maximum Gasteiger partial charge on any atom is 0.306 e. The number of aryl methyl sites for hydroxylation is 1. The second-order valence-electron chi connectivity index (χ2n) is 5.08. The number of ether oxygens (including phenoxy) is 1. The van der Waals surface area contributed by atoms with Gasteiger partial charge < -0.3 is 4.74 Å². The van der Waals surface area contributed by atoms with Crippen LogP contribution in [0.5, 0.6) is 0 Å². The van der Waals surface area contributed by atoms with Crippen molar-refractivity contribution in [2.75, 3.05) is 0 Å². The third-order valence-corrected chi connectivity index (χ3v) is 2.22. The molecule has 0 saturated carbocycles. The number of benzene rings is 1. The van der Waals surface area contributed by atoms with Gasteiger partial charge in [0.2, 0.25) is 6.08 Å². The largest absolute Gasteiger partial charge is 0.460 e. The van der Waals surface area contributed by atoms with Crippen molar-refractivity contribution in [2.24, 2.45) is 4.99 Å². The van der Waals surface area contributed by atoms with Crippen LogP contribution in [0, 0.1) is 5.82 Å². The third-order valence-electron chi connectivity index (χ3n) is 2.22. The molecule has 0 heterocycles. The topological polar surface area (TPSA) is 55.7 Å². The Morgan fingerprint density at radius 3 is 2.63 bits per heavy atom. The summed E-state index contributed by atoms with van der Waals surface area (Å²) in [7, 11) is 0. The molecule has 102 valence electrons. The second-order valence-corrected chi connectivity index (χ2v) is 5.08. The summed E-state index contributed by atoms with van der Waals surface area (Å²) in [6.07, 6.45) is 1.83. The highest BCUT2D eigenvalue weighted by molar-refractivity contribution is 5.70. The van der Waals surface area contributed by atoms with Gasteiger partial charge in [-0.05, 0) is 44.9 Å². The van der Waals surface area contributed by atoms with Crippen LogP contribution in [0.2, 0.25) is 0 Å². The third kappa shape index (κ3) is 5.44. The minimum absolute atomic E-state index is 0.0592. The first-order valence-electron chi connectivity index (χ1n) is 5.90. The van der Waals surface area contributed by atoms with E-state index in [9.17, 15) is 14.0 Å². The summed E-state index contributed by atoms with van der Waals surface area (Å²) in [6.45, 7) is 5.37. The Morgan fingerprint density at radius 2 is 2.11 bits per heavy atom. The first kappa shape index (κ1) is 15.1. The van der Waals surface area contributed by atoms with Gasteiger partial charge in [-0.1, -0.05) is 6.07 Å². The van der Waals surface area contributed by atoms with Gasteiger partial charge >= 0.3 is 5.97 Å². The van der Waals surface area contributed by atoms with E-state index >= 15 is 0 Å². The summed E-state index contributed by atoms with van der Waals surface area (Å²) in [4.78, 5) is 24.8. The number of esters is 1. The highest BCUT2D eigenvalue weighted by Gasteiger charge is 2.16. The van der Waals surface area contributed by atoms with E-state index in [1.165, 1.54) is 18.2 Å². The van der Waals surface area contributed by atoms with E-state index < -0.39 is 11.4 Å². The molecule has 1 aromatic rings. The van der Waals surface area contributed by atoms with Crippen molar-refractivity contribution in [3.05, 3.63) is 29.6 Å². The van der Waals surface area contributed by atoms with E-state index in [1.807, 2.05) is 0 Å². The van der Waals surface area contributed by atoms with E-state index in [-0.39, 0.29) is 18.1 Å². The first-order chi connectivity index (χ1) is 8.81. The van der Waals surface area contributed by atoms with Gasteiger partial charge in [-0.2, -0.15) is 4.99 Å². The number of nitrogens with zero attached hydrogens (tertiary/aromatic N) is 1. The number of hydrogen-bond donors (Lipinski definition) is 0.